The third-order valence-electron chi connectivity index (χ3n) is 3.11. The molecule has 20 heavy (non-hydrogen) atoms. The molecule has 2 aromatic carbocycles. The van der Waals surface area contributed by atoms with Crippen molar-refractivity contribution < 1.29 is 9.53 Å². The Bertz CT molecular complexity index is 606. The molecule has 0 aliphatic heterocycles. The van der Waals surface area contributed by atoms with Crippen molar-refractivity contribution in [2.24, 2.45) is 0 Å². The first-order valence-corrected chi connectivity index (χ1v) is 6.48. The van der Waals surface area contributed by atoms with Crippen molar-refractivity contribution in [3.8, 4) is 5.75 Å². The van der Waals surface area contributed by atoms with Gasteiger partial charge in [0.05, 0.1) is 18.4 Å². The average molecular weight is 270 g/mol. The van der Waals surface area contributed by atoms with Crippen LogP contribution in [0.5, 0.6) is 5.75 Å². The molecular formula is C16H18N2O2. The Hall–Kier alpha value is -2.49. The standard InChI is InChI=1S/C16H18N2O2/c1-3-11-7-9-12(10-8-11)18-16(19)13-5-4-6-14(17)15(13)20-2/h4-10H,3,17H2,1-2H3,(H,18,19). The van der Waals surface area contributed by atoms with Crippen molar-refractivity contribution in [2.45, 2.75) is 13.3 Å². The SMILES string of the molecule is CCc1ccc(NC(=O)c2cccc(N)c2OC)cc1. The molecule has 0 atom stereocenters. The van der Waals surface area contributed by atoms with Gasteiger partial charge in [0.15, 0.2) is 5.75 Å². The second kappa shape index (κ2) is 6.10. The van der Waals surface area contributed by atoms with E-state index in [1.165, 1.54) is 12.7 Å². The van der Waals surface area contributed by atoms with Crippen molar-refractivity contribution in [1.29, 1.82) is 0 Å². The summed E-state index contributed by atoms with van der Waals surface area (Å²) in [7, 11) is 1.50. The molecule has 0 heterocycles. The highest BCUT2D eigenvalue weighted by molar-refractivity contribution is 6.07. The van der Waals surface area contributed by atoms with E-state index in [0.717, 1.165) is 12.1 Å². The molecule has 4 heteroatoms. The lowest BCUT2D eigenvalue weighted by Gasteiger charge is -2.11. The van der Waals surface area contributed by atoms with Gasteiger partial charge in [0.1, 0.15) is 0 Å². The van der Waals surface area contributed by atoms with Gasteiger partial charge in [-0.1, -0.05) is 25.1 Å². The largest absolute Gasteiger partial charge is 0.494 e. The Balaban J connectivity index is 2.21. The maximum absolute atomic E-state index is 12.3. The number of methoxy groups -OCH3 is 1. The molecule has 0 spiro atoms. The molecule has 0 radical (unpaired) electrons. The minimum Gasteiger partial charge on any atom is -0.494 e. The number of benzene rings is 2. The van der Waals surface area contributed by atoms with Gasteiger partial charge in [-0.15, -0.1) is 0 Å². The molecule has 0 unspecified atom stereocenters. The Morgan fingerprint density at radius 1 is 1.20 bits per heavy atom. The number of hydrogen-bond donors (Lipinski definition) is 2. The summed E-state index contributed by atoms with van der Waals surface area (Å²) in [4.78, 5) is 12.3. The van der Waals surface area contributed by atoms with Crippen LogP contribution in [-0.4, -0.2) is 13.0 Å². The van der Waals surface area contributed by atoms with Crippen LogP contribution in [-0.2, 0) is 6.42 Å². The Morgan fingerprint density at radius 2 is 1.90 bits per heavy atom. The van der Waals surface area contributed by atoms with Gasteiger partial charge < -0.3 is 15.8 Å². The topological polar surface area (TPSA) is 64.4 Å². The summed E-state index contributed by atoms with van der Waals surface area (Å²) >= 11 is 0. The van der Waals surface area contributed by atoms with Crippen LogP contribution in [0.15, 0.2) is 42.5 Å². The van der Waals surface area contributed by atoms with Gasteiger partial charge in [0, 0.05) is 5.69 Å². The van der Waals surface area contributed by atoms with E-state index in [4.69, 9.17) is 10.5 Å². The molecule has 1 amide bonds. The third kappa shape index (κ3) is 2.91. The first-order chi connectivity index (χ1) is 9.65. The summed E-state index contributed by atoms with van der Waals surface area (Å²) in [5.41, 5.74) is 8.64. The summed E-state index contributed by atoms with van der Waals surface area (Å²) in [6, 6.07) is 12.9. The number of para-hydroxylation sites is 1. The normalized spacial score (nSPS) is 10.1. The van der Waals surface area contributed by atoms with E-state index in [1.54, 1.807) is 18.2 Å². The smallest absolute Gasteiger partial charge is 0.259 e. The van der Waals surface area contributed by atoms with Crippen LogP contribution < -0.4 is 15.8 Å². The number of anilines is 2. The van der Waals surface area contributed by atoms with Crippen LogP contribution in [0, 0.1) is 0 Å². The van der Waals surface area contributed by atoms with Gasteiger partial charge in [0.2, 0.25) is 0 Å². The van der Waals surface area contributed by atoms with Gasteiger partial charge in [0.25, 0.3) is 5.91 Å². The summed E-state index contributed by atoms with van der Waals surface area (Å²) < 4.78 is 5.19. The van der Waals surface area contributed by atoms with E-state index in [9.17, 15) is 4.79 Å². The first kappa shape index (κ1) is 13.9. The number of amides is 1. The molecule has 0 bridgehead atoms. The lowest BCUT2D eigenvalue weighted by Crippen LogP contribution is -2.13. The number of nitrogens with two attached hydrogens (primary N) is 1. The summed E-state index contributed by atoms with van der Waals surface area (Å²) in [5.74, 6) is 0.161. The quantitative estimate of drug-likeness (QED) is 0.839. The van der Waals surface area contributed by atoms with E-state index in [-0.39, 0.29) is 5.91 Å². The molecule has 104 valence electrons. The number of nitrogen functional groups attached to an aromatic ring is 1. The van der Waals surface area contributed by atoms with Crippen molar-refractivity contribution in [3.63, 3.8) is 0 Å². The zero-order chi connectivity index (χ0) is 14.5. The fourth-order valence-corrected chi connectivity index (χ4v) is 1.98. The molecule has 4 nitrogen and oxygen atoms in total. The van der Waals surface area contributed by atoms with Crippen molar-refractivity contribution in [3.05, 3.63) is 53.6 Å². The number of carbonyl (C=O) groups is 1. The van der Waals surface area contributed by atoms with Crippen molar-refractivity contribution in [2.75, 3.05) is 18.2 Å². The zero-order valence-corrected chi connectivity index (χ0v) is 11.6. The van der Waals surface area contributed by atoms with E-state index >= 15 is 0 Å². The molecule has 2 rings (SSSR count). The van der Waals surface area contributed by atoms with Crippen LogP contribution in [0.2, 0.25) is 0 Å². The number of rotatable bonds is 4. The van der Waals surface area contributed by atoms with Gasteiger partial charge in [-0.25, -0.2) is 0 Å². The summed E-state index contributed by atoms with van der Waals surface area (Å²) in [6.07, 6.45) is 0.970. The molecule has 0 aromatic heterocycles. The van der Waals surface area contributed by atoms with E-state index in [1.807, 2.05) is 24.3 Å². The highest BCUT2D eigenvalue weighted by Crippen LogP contribution is 2.26. The molecular weight excluding hydrogens is 252 g/mol. The predicted octanol–water partition coefficient (Wildman–Crippen LogP) is 3.09. The van der Waals surface area contributed by atoms with E-state index in [0.29, 0.717) is 17.0 Å². The van der Waals surface area contributed by atoms with Crippen LogP contribution >= 0.6 is 0 Å². The summed E-state index contributed by atoms with van der Waals surface area (Å²) in [5, 5.41) is 2.84. The monoisotopic (exact) mass is 270 g/mol. The number of ether oxygens (including phenoxy) is 1. The molecule has 0 fully saturated rings. The lowest BCUT2D eigenvalue weighted by molar-refractivity contribution is 0.102. The molecule has 0 aliphatic carbocycles. The zero-order valence-electron chi connectivity index (χ0n) is 11.6. The Morgan fingerprint density at radius 3 is 2.50 bits per heavy atom. The fourth-order valence-electron chi connectivity index (χ4n) is 1.98. The maximum Gasteiger partial charge on any atom is 0.259 e. The van der Waals surface area contributed by atoms with E-state index < -0.39 is 0 Å². The minimum atomic E-state index is -0.238. The average Bonchev–Trinajstić information content (AvgIpc) is 2.47. The second-order valence-electron chi connectivity index (χ2n) is 4.43. The fraction of sp³-hybridized carbons (Fsp3) is 0.188. The molecule has 2 aromatic rings. The lowest BCUT2D eigenvalue weighted by atomic mass is 10.1. The van der Waals surface area contributed by atoms with Crippen molar-refractivity contribution in [1.82, 2.24) is 0 Å². The molecule has 3 N–H and O–H groups in total. The van der Waals surface area contributed by atoms with Gasteiger partial charge in [-0.05, 0) is 36.2 Å². The third-order valence-corrected chi connectivity index (χ3v) is 3.11. The Labute approximate surface area is 118 Å². The molecule has 0 aliphatic rings. The van der Waals surface area contributed by atoms with E-state index in [2.05, 4.69) is 12.2 Å². The predicted molar refractivity (Wildman–Crippen MR) is 81.2 cm³/mol. The molecule has 0 saturated carbocycles. The van der Waals surface area contributed by atoms with Gasteiger partial charge in [-0.3, -0.25) is 4.79 Å². The Kier molecular flexibility index (Phi) is 4.25. The van der Waals surface area contributed by atoms with Crippen LogP contribution in [0.4, 0.5) is 11.4 Å². The molecule has 0 saturated heterocycles. The van der Waals surface area contributed by atoms with Crippen LogP contribution in [0.3, 0.4) is 0 Å². The number of carbonyl (C=O) groups excluding carboxylic acids is 1. The summed E-state index contributed by atoms with van der Waals surface area (Å²) in [6.45, 7) is 2.09. The van der Waals surface area contributed by atoms with Gasteiger partial charge in [-0.2, -0.15) is 0 Å². The first-order valence-electron chi connectivity index (χ1n) is 6.48. The maximum atomic E-state index is 12.3. The second-order valence-corrected chi connectivity index (χ2v) is 4.43. The van der Waals surface area contributed by atoms with Crippen LogP contribution in [0.25, 0.3) is 0 Å². The number of aryl methyl sites for hydroxylation is 1. The number of hydrogen-bond acceptors (Lipinski definition) is 3. The van der Waals surface area contributed by atoms with Crippen molar-refractivity contribution >= 4 is 17.3 Å². The number of nitrogens with one attached hydrogen (secondary N) is 1. The van der Waals surface area contributed by atoms with Crippen LogP contribution in [0.1, 0.15) is 22.8 Å². The highest BCUT2D eigenvalue weighted by atomic mass is 16.5. The minimum absolute atomic E-state index is 0.238. The highest BCUT2D eigenvalue weighted by Gasteiger charge is 2.14. The van der Waals surface area contributed by atoms with Gasteiger partial charge >= 0.3 is 0 Å².